The molecule has 0 aliphatic carbocycles. The highest BCUT2D eigenvalue weighted by Crippen LogP contribution is 2.21. The molecule has 0 unspecified atom stereocenters. The third kappa shape index (κ3) is 3.11. The monoisotopic (exact) mass is 358 g/mol. The van der Waals surface area contributed by atoms with Crippen molar-refractivity contribution in [2.75, 3.05) is 11.1 Å². The molecule has 2 heterocycles. The van der Waals surface area contributed by atoms with Crippen LogP contribution in [0.25, 0.3) is 5.69 Å². The van der Waals surface area contributed by atoms with Crippen molar-refractivity contribution in [1.82, 2.24) is 19.3 Å². The van der Waals surface area contributed by atoms with Gasteiger partial charge in [0.2, 0.25) is 0 Å². The number of hydrogen-bond donors (Lipinski definition) is 2. The van der Waals surface area contributed by atoms with Crippen LogP contribution in [0.2, 0.25) is 5.15 Å². The Hall–Kier alpha value is -3.13. The summed E-state index contributed by atoms with van der Waals surface area (Å²) in [5.41, 5.74) is 7.09. The summed E-state index contributed by atoms with van der Waals surface area (Å²) in [4.78, 5) is 28.2. The quantitative estimate of drug-likeness (QED) is 0.693. The van der Waals surface area contributed by atoms with Gasteiger partial charge in [0.1, 0.15) is 5.82 Å². The molecule has 8 nitrogen and oxygen atoms in total. The molecule has 25 heavy (non-hydrogen) atoms. The van der Waals surface area contributed by atoms with Crippen molar-refractivity contribution >= 4 is 28.9 Å². The highest BCUT2D eigenvalue weighted by Gasteiger charge is 2.13. The van der Waals surface area contributed by atoms with E-state index in [9.17, 15) is 9.59 Å². The molecule has 3 aromatic rings. The third-order valence-electron chi connectivity index (χ3n) is 3.66. The zero-order chi connectivity index (χ0) is 18.1. The molecule has 0 saturated heterocycles. The van der Waals surface area contributed by atoms with Gasteiger partial charge >= 0.3 is 5.69 Å². The molecule has 0 bridgehead atoms. The van der Waals surface area contributed by atoms with E-state index in [1.807, 2.05) is 0 Å². The molecule has 0 atom stereocenters. The minimum absolute atomic E-state index is 0.0782. The fourth-order valence-electron chi connectivity index (χ4n) is 2.42. The average molecular weight is 359 g/mol. The Labute approximate surface area is 147 Å². The van der Waals surface area contributed by atoms with Crippen LogP contribution in [-0.4, -0.2) is 25.2 Å². The van der Waals surface area contributed by atoms with Crippen LogP contribution in [-0.2, 0) is 7.05 Å². The van der Waals surface area contributed by atoms with Gasteiger partial charge in [-0.2, -0.15) is 5.10 Å². The molecule has 1 amide bonds. The number of carbonyl (C=O) groups is 1. The highest BCUT2D eigenvalue weighted by atomic mass is 35.5. The van der Waals surface area contributed by atoms with Gasteiger partial charge in [-0.05, 0) is 37.3 Å². The van der Waals surface area contributed by atoms with Gasteiger partial charge < -0.3 is 11.1 Å². The molecular weight excluding hydrogens is 344 g/mol. The number of halogens is 1. The Kier molecular flexibility index (Phi) is 4.28. The summed E-state index contributed by atoms with van der Waals surface area (Å²) >= 11 is 5.82. The van der Waals surface area contributed by atoms with Crippen LogP contribution in [0.1, 0.15) is 16.2 Å². The van der Waals surface area contributed by atoms with E-state index < -0.39 is 5.91 Å². The van der Waals surface area contributed by atoms with E-state index in [0.717, 1.165) is 0 Å². The van der Waals surface area contributed by atoms with Crippen LogP contribution in [0.15, 0.2) is 41.3 Å². The van der Waals surface area contributed by atoms with Crippen LogP contribution in [0.3, 0.4) is 0 Å². The maximum atomic E-state index is 12.3. The van der Waals surface area contributed by atoms with E-state index in [1.54, 1.807) is 38.2 Å². The molecule has 0 aliphatic rings. The van der Waals surface area contributed by atoms with Crippen molar-refractivity contribution in [1.29, 1.82) is 0 Å². The first-order valence-electron chi connectivity index (χ1n) is 7.33. The predicted molar refractivity (Wildman–Crippen MR) is 95.2 cm³/mol. The molecule has 0 radical (unpaired) electrons. The maximum Gasteiger partial charge on any atom is 0.350 e. The molecule has 0 spiro atoms. The number of nitrogens with one attached hydrogen (secondary N) is 1. The molecule has 1 aromatic carbocycles. The zero-order valence-electron chi connectivity index (χ0n) is 13.5. The van der Waals surface area contributed by atoms with E-state index >= 15 is 0 Å². The normalized spacial score (nSPS) is 10.7. The number of amides is 1. The lowest BCUT2D eigenvalue weighted by molar-refractivity contribution is 0.102. The molecule has 0 fully saturated rings. The van der Waals surface area contributed by atoms with Gasteiger partial charge in [-0.1, -0.05) is 11.6 Å². The summed E-state index contributed by atoms with van der Waals surface area (Å²) in [7, 11) is 1.59. The van der Waals surface area contributed by atoms with Gasteiger partial charge in [0.15, 0.2) is 5.15 Å². The largest absolute Gasteiger partial charge is 0.396 e. The second-order valence-electron chi connectivity index (χ2n) is 5.35. The first kappa shape index (κ1) is 16.7. The van der Waals surface area contributed by atoms with Gasteiger partial charge in [0.25, 0.3) is 5.91 Å². The number of hydrogen-bond acceptors (Lipinski definition) is 5. The van der Waals surface area contributed by atoms with Crippen LogP contribution in [0, 0.1) is 6.92 Å². The molecule has 3 N–H and O–H groups in total. The topological polar surface area (TPSA) is 108 Å². The zero-order valence-corrected chi connectivity index (χ0v) is 14.3. The van der Waals surface area contributed by atoms with Gasteiger partial charge in [-0.15, -0.1) is 0 Å². The minimum Gasteiger partial charge on any atom is -0.396 e. The fraction of sp³-hybridized carbons (Fsp3) is 0.125. The van der Waals surface area contributed by atoms with Crippen LogP contribution >= 0.6 is 11.6 Å². The molecule has 3 rings (SSSR count). The van der Waals surface area contributed by atoms with Crippen molar-refractivity contribution in [3.05, 3.63) is 63.6 Å². The Morgan fingerprint density at radius 3 is 2.52 bits per heavy atom. The molecule has 0 saturated carbocycles. The van der Waals surface area contributed by atoms with Crippen LogP contribution in [0.5, 0.6) is 0 Å². The lowest BCUT2D eigenvalue weighted by atomic mass is 10.2. The second-order valence-corrected chi connectivity index (χ2v) is 5.71. The fourth-order valence-corrected chi connectivity index (χ4v) is 2.58. The van der Waals surface area contributed by atoms with Gasteiger partial charge in [-0.3, -0.25) is 4.79 Å². The number of nitrogens with zero attached hydrogens (tertiary/aromatic N) is 4. The number of anilines is 2. The van der Waals surface area contributed by atoms with Crippen molar-refractivity contribution < 1.29 is 4.79 Å². The van der Waals surface area contributed by atoms with E-state index in [2.05, 4.69) is 15.4 Å². The van der Waals surface area contributed by atoms with Crippen molar-refractivity contribution in [2.45, 2.75) is 6.92 Å². The molecule has 2 aromatic heterocycles. The number of carbonyl (C=O) groups excluding carboxylic acids is 1. The summed E-state index contributed by atoms with van der Waals surface area (Å²) < 4.78 is 2.74. The first-order chi connectivity index (χ1) is 11.9. The highest BCUT2D eigenvalue weighted by molar-refractivity contribution is 6.32. The number of aryl methyl sites for hydroxylation is 2. The summed E-state index contributed by atoms with van der Waals surface area (Å²) in [6, 6.07) is 8.29. The summed E-state index contributed by atoms with van der Waals surface area (Å²) in [6.07, 6.45) is 1.41. The molecular formula is C16H15ClN6O2. The number of rotatable bonds is 3. The Morgan fingerprint density at radius 2 is 1.92 bits per heavy atom. The third-order valence-corrected chi connectivity index (χ3v) is 3.96. The maximum absolute atomic E-state index is 12.3. The predicted octanol–water partition coefficient (Wildman–Crippen LogP) is 1.76. The average Bonchev–Trinajstić information content (AvgIpc) is 2.83. The van der Waals surface area contributed by atoms with E-state index in [0.29, 0.717) is 17.2 Å². The standard InChI is InChI=1S/C16H15ClN6O2/c1-9-21-22(2)16(25)23(9)11-5-3-10(4-6-11)20-15(24)12-7-8-19-14(17)13(12)18/h3-8H,18H2,1-2H3,(H,20,24). The number of nitrogen functional groups attached to an aromatic ring is 1. The van der Waals surface area contributed by atoms with Crippen LogP contribution < -0.4 is 16.7 Å². The SMILES string of the molecule is Cc1nn(C)c(=O)n1-c1ccc(NC(=O)c2ccnc(Cl)c2N)cc1. The first-order valence-corrected chi connectivity index (χ1v) is 7.70. The van der Waals surface area contributed by atoms with Crippen molar-refractivity contribution in [2.24, 2.45) is 7.05 Å². The summed E-state index contributed by atoms with van der Waals surface area (Å²) in [6.45, 7) is 1.74. The molecule has 128 valence electrons. The molecule has 9 heteroatoms. The summed E-state index contributed by atoms with van der Waals surface area (Å²) in [5, 5.41) is 6.88. The second kappa shape index (κ2) is 6.40. The van der Waals surface area contributed by atoms with E-state index in [1.165, 1.54) is 21.5 Å². The number of aromatic nitrogens is 4. The lowest BCUT2D eigenvalue weighted by Crippen LogP contribution is -2.21. The minimum atomic E-state index is -0.399. The van der Waals surface area contributed by atoms with Crippen molar-refractivity contribution in [3.63, 3.8) is 0 Å². The Morgan fingerprint density at radius 1 is 1.24 bits per heavy atom. The van der Waals surface area contributed by atoms with Crippen LogP contribution in [0.4, 0.5) is 11.4 Å². The lowest BCUT2D eigenvalue weighted by Gasteiger charge is -2.09. The van der Waals surface area contributed by atoms with Gasteiger partial charge in [0, 0.05) is 18.9 Å². The Bertz CT molecular complexity index is 1010. The van der Waals surface area contributed by atoms with Crippen molar-refractivity contribution in [3.8, 4) is 5.69 Å². The number of benzene rings is 1. The summed E-state index contributed by atoms with van der Waals surface area (Å²) in [5.74, 6) is 0.174. The number of nitrogens with two attached hydrogens (primary N) is 1. The Balaban J connectivity index is 1.85. The molecule has 0 aliphatic heterocycles. The number of pyridine rings is 1. The smallest absolute Gasteiger partial charge is 0.350 e. The van der Waals surface area contributed by atoms with E-state index in [4.69, 9.17) is 17.3 Å². The van der Waals surface area contributed by atoms with Gasteiger partial charge in [-0.25, -0.2) is 19.0 Å². The van der Waals surface area contributed by atoms with E-state index in [-0.39, 0.29) is 22.1 Å². The van der Waals surface area contributed by atoms with Gasteiger partial charge in [0.05, 0.1) is 16.9 Å².